The molecule has 0 saturated carbocycles. The number of aryl methyl sites for hydroxylation is 1. The number of nitrogens with one attached hydrogen (secondary N) is 1. The summed E-state index contributed by atoms with van der Waals surface area (Å²) in [6.07, 6.45) is -0.0186. The topological polar surface area (TPSA) is 83.6 Å². The van der Waals surface area contributed by atoms with Crippen molar-refractivity contribution in [1.29, 1.82) is 0 Å². The zero-order valence-corrected chi connectivity index (χ0v) is 14.5. The fourth-order valence-electron chi connectivity index (χ4n) is 2.84. The van der Waals surface area contributed by atoms with Crippen molar-refractivity contribution < 1.29 is 19.2 Å². The number of ketones is 1. The summed E-state index contributed by atoms with van der Waals surface area (Å²) in [6.45, 7) is 3.28. The molecule has 2 aromatic carbocycles. The lowest BCUT2D eigenvalue weighted by Crippen LogP contribution is -2.32. The minimum atomic E-state index is -0.381. The number of imide groups is 1. The maximum absolute atomic E-state index is 12.3. The minimum absolute atomic E-state index is 0.00360. The predicted molar refractivity (Wildman–Crippen MR) is 96.2 cm³/mol. The first kappa shape index (κ1) is 17.5. The first-order valence-electron chi connectivity index (χ1n) is 8.25. The Morgan fingerprint density at radius 1 is 1.00 bits per heavy atom. The van der Waals surface area contributed by atoms with Gasteiger partial charge in [-0.15, -0.1) is 0 Å². The Bertz CT molecular complexity index is 898. The van der Waals surface area contributed by atoms with Crippen LogP contribution in [0.4, 0.5) is 5.69 Å². The van der Waals surface area contributed by atoms with Crippen molar-refractivity contribution in [2.75, 3.05) is 11.9 Å². The van der Waals surface area contributed by atoms with E-state index in [1.807, 2.05) is 6.92 Å². The molecule has 1 aliphatic rings. The summed E-state index contributed by atoms with van der Waals surface area (Å²) in [5, 5.41) is 2.74. The molecular formula is C20H18N2O4. The molecule has 0 unspecified atom stereocenters. The second-order valence-electron chi connectivity index (χ2n) is 6.19. The highest BCUT2D eigenvalue weighted by atomic mass is 16.2. The van der Waals surface area contributed by atoms with E-state index in [0.29, 0.717) is 22.4 Å². The first-order valence-corrected chi connectivity index (χ1v) is 8.25. The molecule has 0 aromatic heterocycles. The SMILES string of the molecule is CC(=O)c1ccc(C)c(NC(=O)CCN2C(=O)c3ccccc3C2=O)c1. The number of rotatable bonds is 5. The van der Waals surface area contributed by atoms with Crippen LogP contribution in [0.2, 0.25) is 0 Å². The zero-order chi connectivity index (χ0) is 18.8. The van der Waals surface area contributed by atoms with Crippen LogP contribution >= 0.6 is 0 Å². The largest absolute Gasteiger partial charge is 0.326 e. The van der Waals surface area contributed by atoms with Gasteiger partial charge in [-0.05, 0) is 37.6 Å². The van der Waals surface area contributed by atoms with E-state index in [0.717, 1.165) is 10.5 Å². The van der Waals surface area contributed by atoms with Crippen LogP contribution in [-0.2, 0) is 4.79 Å². The van der Waals surface area contributed by atoms with Gasteiger partial charge in [0.25, 0.3) is 11.8 Å². The fraction of sp³-hybridized carbons (Fsp3) is 0.200. The first-order chi connectivity index (χ1) is 12.4. The highest BCUT2D eigenvalue weighted by Gasteiger charge is 2.34. The predicted octanol–water partition coefficient (Wildman–Crippen LogP) is 2.82. The summed E-state index contributed by atoms with van der Waals surface area (Å²) in [5.74, 6) is -1.18. The molecule has 6 heteroatoms. The number of amides is 3. The monoisotopic (exact) mass is 350 g/mol. The van der Waals surface area contributed by atoms with Gasteiger partial charge in [-0.3, -0.25) is 24.1 Å². The van der Waals surface area contributed by atoms with Crippen molar-refractivity contribution in [2.45, 2.75) is 20.3 Å². The van der Waals surface area contributed by atoms with Crippen molar-refractivity contribution in [3.8, 4) is 0 Å². The number of nitrogens with zero attached hydrogens (tertiary/aromatic N) is 1. The van der Waals surface area contributed by atoms with Gasteiger partial charge in [0.2, 0.25) is 5.91 Å². The Hall–Kier alpha value is -3.28. The number of fused-ring (bicyclic) bond motifs is 1. The number of benzene rings is 2. The maximum atomic E-state index is 12.3. The summed E-state index contributed by atoms with van der Waals surface area (Å²) in [4.78, 5) is 49.4. The summed E-state index contributed by atoms with van der Waals surface area (Å²) in [6, 6.07) is 11.7. The fourth-order valence-corrected chi connectivity index (χ4v) is 2.84. The van der Waals surface area contributed by atoms with Gasteiger partial charge in [-0.2, -0.15) is 0 Å². The van der Waals surface area contributed by atoms with E-state index >= 15 is 0 Å². The van der Waals surface area contributed by atoms with Gasteiger partial charge in [0.1, 0.15) is 0 Å². The van der Waals surface area contributed by atoms with Crippen molar-refractivity contribution >= 4 is 29.2 Å². The van der Waals surface area contributed by atoms with Gasteiger partial charge >= 0.3 is 0 Å². The Balaban J connectivity index is 1.66. The second-order valence-corrected chi connectivity index (χ2v) is 6.19. The Labute approximate surface area is 150 Å². The molecule has 1 N–H and O–H groups in total. The lowest BCUT2D eigenvalue weighted by Gasteiger charge is -2.14. The quantitative estimate of drug-likeness (QED) is 0.664. The Kier molecular flexibility index (Phi) is 4.67. The average Bonchev–Trinajstić information content (AvgIpc) is 2.86. The van der Waals surface area contributed by atoms with E-state index in [4.69, 9.17) is 0 Å². The van der Waals surface area contributed by atoms with Gasteiger partial charge in [0.05, 0.1) is 11.1 Å². The van der Waals surface area contributed by atoms with E-state index in [-0.39, 0.29) is 36.5 Å². The average molecular weight is 350 g/mol. The third kappa shape index (κ3) is 3.26. The third-order valence-electron chi connectivity index (χ3n) is 4.36. The van der Waals surface area contributed by atoms with Crippen LogP contribution in [0.1, 0.15) is 50.0 Å². The van der Waals surface area contributed by atoms with E-state index in [1.165, 1.54) is 6.92 Å². The lowest BCUT2D eigenvalue weighted by molar-refractivity contribution is -0.116. The minimum Gasteiger partial charge on any atom is -0.326 e. The van der Waals surface area contributed by atoms with Crippen LogP contribution in [-0.4, -0.2) is 34.9 Å². The Morgan fingerprint density at radius 2 is 1.62 bits per heavy atom. The summed E-state index contributed by atoms with van der Waals surface area (Å²) >= 11 is 0. The molecule has 26 heavy (non-hydrogen) atoms. The third-order valence-corrected chi connectivity index (χ3v) is 4.36. The molecule has 132 valence electrons. The van der Waals surface area contributed by atoms with Crippen molar-refractivity contribution in [3.63, 3.8) is 0 Å². The van der Waals surface area contributed by atoms with Gasteiger partial charge in [0, 0.05) is 24.2 Å². The Morgan fingerprint density at radius 3 is 2.19 bits per heavy atom. The molecule has 1 heterocycles. The van der Waals surface area contributed by atoms with Crippen LogP contribution in [0.3, 0.4) is 0 Å². The van der Waals surface area contributed by atoms with Gasteiger partial charge in [0.15, 0.2) is 5.78 Å². The number of carbonyl (C=O) groups is 4. The summed E-state index contributed by atoms with van der Waals surface area (Å²) < 4.78 is 0. The molecule has 0 saturated heterocycles. The van der Waals surface area contributed by atoms with Gasteiger partial charge < -0.3 is 5.32 Å². The molecular weight excluding hydrogens is 332 g/mol. The standard InChI is InChI=1S/C20H18N2O4/c1-12-7-8-14(13(2)23)11-17(12)21-18(24)9-10-22-19(25)15-5-3-4-6-16(15)20(22)26/h3-8,11H,9-10H2,1-2H3,(H,21,24). The molecule has 0 bridgehead atoms. The molecule has 3 rings (SSSR count). The molecule has 0 fully saturated rings. The maximum Gasteiger partial charge on any atom is 0.261 e. The number of carbonyl (C=O) groups excluding carboxylic acids is 4. The van der Waals surface area contributed by atoms with Crippen LogP contribution in [0, 0.1) is 6.92 Å². The molecule has 0 aliphatic carbocycles. The highest BCUT2D eigenvalue weighted by Crippen LogP contribution is 2.23. The van der Waals surface area contributed by atoms with Crippen molar-refractivity contribution in [3.05, 3.63) is 64.7 Å². The van der Waals surface area contributed by atoms with Crippen LogP contribution in [0.15, 0.2) is 42.5 Å². The van der Waals surface area contributed by atoms with Crippen molar-refractivity contribution in [1.82, 2.24) is 4.90 Å². The number of hydrogen-bond donors (Lipinski definition) is 1. The number of anilines is 1. The molecule has 2 aromatic rings. The molecule has 0 atom stereocenters. The van der Waals surface area contributed by atoms with Gasteiger partial charge in [-0.1, -0.05) is 24.3 Å². The molecule has 1 aliphatic heterocycles. The highest BCUT2D eigenvalue weighted by molar-refractivity contribution is 6.21. The van der Waals surface area contributed by atoms with Crippen LogP contribution < -0.4 is 5.32 Å². The van der Waals surface area contributed by atoms with E-state index in [2.05, 4.69) is 5.32 Å². The smallest absolute Gasteiger partial charge is 0.261 e. The van der Waals surface area contributed by atoms with Crippen molar-refractivity contribution in [2.24, 2.45) is 0 Å². The second kappa shape index (κ2) is 6.92. The van der Waals surface area contributed by atoms with Crippen LogP contribution in [0.5, 0.6) is 0 Å². The van der Waals surface area contributed by atoms with Gasteiger partial charge in [-0.25, -0.2) is 0 Å². The zero-order valence-electron chi connectivity index (χ0n) is 14.5. The molecule has 6 nitrogen and oxygen atoms in total. The summed E-state index contributed by atoms with van der Waals surface area (Å²) in [7, 11) is 0. The molecule has 3 amide bonds. The van der Waals surface area contributed by atoms with E-state index < -0.39 is 0 Å². The molecule has 0 radical (unpaired) electrons. The summed E-state index contributed by atoms with van der Waals surface area (Å²) in [5.41, 5.74) is 2.60. The number of hydrogen-bond acceptors (Lipinski definition) is 4. The van der Waals surface area contributed by atoms with E-state index in [9.17, 15) is 19.2 Å². The lowest BCUT2D eigenvalue weighted by atomic mass is 10.1. The van der Waals surface area contributed by atoms with E-state index in [1.54, 1.807) is 42.5 Å². The number of Topliss-reactive ketones (excluding diaryl/α,β-unsaturated/α-hetero) is 1. The molecule has 0 spiro atoms. The normalized spacial score (nSPS) is 12.9. The van der Waals surface area contributed by atoms with Crippen LogP contribution in [0.25, 0.3) is 0 Å².